The third-order valence-corrected chi connectivity index (χ3v) is 5.29. The van der Waals surface area contributed by atoms with E-state index >= 15 is 0 Å². The van der Waals surface area contributed by atoms with Crippen LogP contribution >= 0.6 is 15.9 Å². The molecule has 3 aromatic carbocycles. The molecule has 6 heteroatoms. The van der Waals surface area contributed by atoms with Crippen molar-refractivity contribution in [3.05, 3.63) is 87.9 Å². The maximum Gasteiger partial charge on any atom is 0.259 e. The van der Waals surface area contributed by atoms with Crippen LogP contribution in [0, 0.1) is 12.8 Å². The molecule has 0 aliphatic carbocycles. The van der Waals surface area contributed by atoms with Crippen LogP contribution in [-0.4, -0.2) is 18.4 Å². The standard InChI is InChI=1S/C26H27BrN2O3/c1-17(2)12-13-32-24-11-10-20(27)16-23(24)26(31)29-22-9-5-7-19(15-22)25(30)28-21-8-4-6-18(3)14-21/h4-11,14-17H,12-13H2,1-3H3,(H,28,30)(H,29,31). The summed E-state index contributed by atoms with van der Waals surface area (Å²) in [6, 6.07) is 19.8. The Morgan fingerprint density at radius 2 is 1.59 bits per heavy atom. The molecule has 2 N–H and O–H groups in total. The van der Waals surface area contributed by atoms with E-state index < -0.39 is 0 Å². The van der Waals surface area contributed by atoms with Crippen LogP contribution < -0.4 is 15.4 Å². The average Bonchev–Trinajstić information content (AvgIpc) is 2.74. The Morgan fingerprint density at radius 1 is 0.906 bits per heavy atom. The van der Waals surface area contributed by atoms with Crippen molar-refractivity contribution in [2.24, 2.45) is 5.92 Å². The SMILES string of the molecule is Cc1cccc(NC(=O)c2cccc(NC(=O)c3cc(Br)ccc3OCCC(C)C)c2)c1. The Kier molecular flexibility index (Phi) is 8.06. The van der Waals surface area contributed by atoms with E-state index in [0.29, 0.717) is 35.1 Å². The van der Waals surface area contributed by atoms with Gasteiger partial charge < -0.3 is 15.4 Å². The fraction of sp³-hybridized carbons (Fsp3) is 0.231. The molecule has 0 fully saturated rings. The predicted molar refractivity (Wildman–Crippen MR) is 133 cm³/mol. The van der Waals surface area contributed by atoms with E-state index in [1.54, 1.807) is 36.4 Å². The van der Waals surface area contributed by atoms with Crippen LogP contribution in [0.15, 0.2) is 71.2 Å². The van der Waals surface area contributed by atoms with Gasteiger partial charge in [0, 0.05) is 21.4 Å². The van der Waals surface area contributed by atoms with Crippen molar-refractivity contribution in [3.8, 4) is 5.75 Å². The van der Waals surface area contributed by atoms with E-state index in [1.807, 2.05) is 37.3 Å². The largest absolute Gasteiger partial charge is 0.493 e. The summed E-state index contributed by atoms with van der Waals surface area (Å²) in [6.07, 6.45) is 0.898. The Labute approximate surface area is 197 Å². The van der Waals surface area contributed by atoms with E-state index in [-0.39, 0.29) is 11.8 Å². The third kappa shape index (κ3) is 6.69. The van der Waals surface area contributed by atoms with Gasteiger partial charge in [-0.05, 0) is 73.4 Å². The zero-order valence-electron chi connectivity index (χ0n) is 18.4. The van der Waals surface area contributed by atoms with E-state index in [2.05, 4.69) is 40.4 Å². The van der Waals surface area contributed by atoms with Gasteiger partial charge in [-0.15, -0.1) is 0 Å². The highest BCUT2D eigenvalue weighted by atomic mass is 79.9. The highest BCUT2D eigenvalue weighted by molar-refractivity contribution is 9.10. The molecule has 0 spiro atoms. The topological polar surface area (TPSA) is 67.4 Å². The second-order valence-corrected chi connectivity index (χ2v) is 8.95. The second kappa shape index (κ2) is 11.0. The summed E-state index contributed by atoms with van der Waals surface area (Å²) >= 11 is 3.42. The number of halogens is 1. The lowest BCUT2D eigenvalue weighted by Gasteiger charge is -2.14. The summed E-state index contributed by atoms with van der Waals surface area (Å²) in [4.78, 5) is 25.6. The first kappa shape index (κ1) is 23.5. The van der Waals surface area contributed by atoms with Gasteiger partial charge in [-0.1, -0.05) is 48.0 Å². The monoisotopic (exact) mass is 494 g/mol. The Bertz CT molecular complexity index is 1110. The number of hydrogen-bond acceptors (Lipinski definition) is 3. The van der Waals surface area contributed by atoms with Crippen LogP contribution in [0.25, 0.3) is 0 Å². The fourth-order valence-electron chi connectivity index (χ4n) is 3.07. The highest BCUT2D eigenvalue weighted by Gasteiger charge is 2.15. The molecule has 0 saturated heterocycles. The van der Waals surface area contributed by atoms with Crippen LogP contribution in [0.2, 0.25) is 0 Å². The summed E-state index contributed by atoms with van der Waals surface area (Å²) in [5.41, 5.74) is 3.19. The summed E-state index contributed by atoms with van der Waals surface area (Å²) in [5, 5.41) is 5.76. The van der Waals surface area contributed by atoms with Gasteiger partial charge in [0.15, 0.2) is 0 Å². The lowest BCUT2D eigenvalue weighted by atomic mass is 10.1. The summed E-state index contributed by atoms with van der Waals surface area (Å²) < 4.78 is 6.64. The predicted octanol–water partition coefficient (Wildman–Crippen LogP) is 6.69. The smallest absolute Gasteiger partial charge is 0.259 e. The average molecular weight is 495 g/mol. The number of carbonyl (C=O) groups excluding carboxylic acids is 2. The highest BCUT2D eigenvalue weighted by Crippen LogP contribution is 2.25. The van der Waals surface area contributed by atoms with Gasteiger partial charge in [-0.2, -0.15) is 0 Å². The summed E-state index contributed by atoms with van der Waals surface area (Å²) in [5.74, 6) is 0.491. The zero-order chi connectivity index (χ0) is 23.1. The zero-order valence-corrected chi connectivity index (χ0v) is 20.0. The van der Waals surface area contributed by atoms with Crippen molar-refractivity contribution in [2.75, 3.05) is 17.2 Å². The molecule has 0 unspecified atom stereocenters. The number of amides is 2. The first-order valence-electron chi connectivity index (χ1n) is 10.5. The summed E-state index contributed by atoms with van der Waals surface area (Å²) in [7, 11) is 0. The molecule has 0 saturated carbocycles. The number of aryl methyl sites for hydroxylation is 1. The molecule has 2 amide bonds. The maximum absolute atomic E-state index is 13.0. The molecule has 0 bridgehead atoms. The quantitative estimate of drug-likeness (QED) is 0.366. The number of nitrogens with one attached hydrogen (secondary N) is 2. The minimum absolute atomic E-state index is 0.244. The molecule has 3 rings (SSSR count). The fourth-order valence-corrected chi connectivity index (χ4v) is 3.43. The van der Waals surface area contributed by atoms with Crippen molar-refractivity contribution in [1.29, 1.82) is 0 Å². The molecule has 0 heterocycles. The number of benzene rings is 3. The van der Waals surface area contributed by atoms with E-state index in [0.717, 1.165) is 22.1 Å². The molecule has 3 aromatic rings. The van der Waals surface area contributed by atoms with Crippen LogP contribution in [0.4, 0.5) is 11.4 Å². The molecular formula is C26H27BrN2O3. The van der Waals surface area contributed by atoms with Gasteiger partial charge in [0.1, 0.15) is 5.75 Å². The first-order chi connectivity index (χ1) is 15.3. The van der Waals surface area contributed by atoms with Crippen molar-refractivity contribution in [1.82, 2.24) is 0 Å². The molecule has 0 aliphatic heterocycles. The van der Waals surface area contributed by atoms with E-state index in [9.17, 15) is 9.59 Å². The van der Waals surface area contributed by atoms with Crippen LogP contribution in [0.5, 0.6) is 5.75 Å². The lowest BCUT2D eigenvalue weighted by Crippen LogP contribution is -2.16. The molecule has 0 atom stereocenters. The molecule has 5 nitrogen and oxygen atoms in total. The maximum atomic E-state index is 13.0. The summed E-state index contributed by atoms with van der Waals surface area (Å²) in [6.45, 7) is 6.75. The molecule has 32 heavy (non-hydrogen) atoms. The van der Waals surface area contributed by atoms with Crippen LogP contribution in [0.1, 0.15) is 46.5 Å². The molecular weight excluding hydrogens is 468 g/mol. The van der Waals surface area contributed by atoms with Gasteiger partial charge in [0.05, 0.1) is 12.2 Å². The minimum Gasteiger partial charge on any atom is -0.493 e. The Morgan fingerprint density at radius 3 is 2.31 bits per heavy atom. The first-order valence-corrected chi connectivity index (χ1v) is 11.3. The van der Waals surface area contributed by atoms with Gasteiger partial charge in [-0.3, -0.25) is 9.59 Å². The second-order valence-electron chi connectivity index (χ2n) is 8.03. The normalized spacial score (nSPS) is 10.7. The molecule has 166 valence electrons. The minimum atomic E-state index is -0.304. The van der Waals surface area contributed by atoms with Crippen molar-refractivity contribution in [2.45, 2.75) is 27.2 Å². The Hall–Kier alpha value is -3.12. The molecule has 0 aromatic heterocycles. The number of carbonyl (C=O) groups is 2. The number of anilines is 2. The van der Waals surface area contributed by atoms with Crippen molar-refractivity contribution in [3.63, 3.8) is 0 Å². The van der Waals surface area contributed by atoms with Crippen molar-refractivity contribution >= 4 is 39.1 Å². The Balaban J connectivity index is 1.73. The van der Waals surface area contributed by atoms with Crippen LogP contribution in [0.3, 0.4) is 0 Å². The van der Waals surface area contributed by atoms with Gasteiger partial charge in [0.2, 0.25) is 0 Å². The number of hydrogen-bond donors (Lipinski definition) is 2. The third-order valence-electron chi connectivity index (χ3n) is 4.80. The molecule has 0 radical (unpaired) electrons. The number of rotatable bonds is 8. The van der Waals surface area contributed by atoms with Gasteiger partial charge >= 0.3 is 0 Å². The van der Waals surface area contributed by atoms with Crippen LogP contribution in [-0.2, 0) is 0 Å². The van der Waals surface area contributed by atoms with Gasteiger partial charge in [-0.25, -0.2) is 0 Å². The van der Waals surface area contributed by atoms with E-state index in [4.69, 9.17) is 4.74 Å². The molecule has 0 aliphatic rings. The lowest BCUT2D eigenvalue weighted by molar-refractivity contribution is 0.101. The van der Waals surface area contributed by atoms with E-state index in [1.165, 1.54) is 0 Å². The van der Waals surface area contributed by atoms with Crippen molar-refractivity contribution < 1.29 is 14.3 Å². The van der Waals surface area contributed by atoms with Gasteiger partial charge in [0.25, 0.3) is 11.8 Å². The number of ether oxygens (including phenoxy) is 1.